The number of nitrogens with zero attached hydrogens (tertiary/aromatic N) is 2. The van der Waals surface area contributed by atoms with Crippen LogP contribution in [0.4, 0.5) is 0 Å². The Balaban J connectivity index is 1.52. The van der Waals surface area contributed by atoms with Crippen molar-refractivity contribution in [2.45, 2.75) is 26.3 Å². The lowest BCUT2D eigenvalue weighted by Gasteiger charge is -2.14. The lowest BCUT2D eigenvalue weighted by molar-refractivity contribution is 0.303. The maximum absolute atomic E-state index is 13.2. The minimum Gasteiger partial charge on any atom is -0.494 e. The number of unbranched alkanes of at least 4 members (excludes halogenated alkanes) is 1. The van der Waals surface area contributed by atoms with Crippen LogP contribution in [0.2, 0.25) is 10.0 Å². The number of benzene rings is 3. The van der Waals surface area contributed by atoms with Crippen LogP contribution in [0, 0.1) is 6.92 Å². The van der Waals surface area contributed by atoms with Crippen molar-refractivity contribution in [3.8, 4) is 17.1 Å². The number of fused-ring (bicyclic) bond motifs is 1. The number of hydrogen-bond acceptors (Lipinski definition) is 3. The van der Waals surface area contributed by atoms with Crippen molar-refractivity contribution < 1.29 is 4.74 Å². The summed E-state index contributed by atoms with van der Waals surface area (Å²) in [6.07, 6.45) is 1.59. The van der Waals surface area contributed by atoms with Gasteiger partial charge in [0.25, 0.3) is 5.56 Å². The monoisotopic (exact) mass is 452 g/mol. The summed E-state index contributed by atoms with van der Waals surface area (Å²) in [6.45, 7) is 3.07. The van der Waals surface area contributed by atoms with E-state index in [1.54, 1.807) is 4.57 Å². The van der Waals surface area contributed by atoms with E-state index in [0.717, 1.165) is 34.7 Å². The Labute approximate surface area is 191 Å². The highest BCUT2D eigenvalue weighted by molar-refractivity contribution is 6.31. The maximum atomic E-state index is 13.2. The molecule has 0 aliphatic heterocycles. The van der Waals surface area contributed by atoms with Crippen molar-refractivity contribution in [1.82, 2.24) is 9.55 Å². The third kappa shape index (κ3) is 4.92. The van der Waals surface area contributed by atoms with Crippen molar-refractivity contribution in [1.29, 1.82) is 0 Å². The van der Waals surface area contributed by atoms with Crippen LogP contribution < -0.4 is 10.3 Å². The molecule has 4 nitrogen and oxygen atoms in total. The van der Waals surface area contributed by atoms with E-state index in [1.807, 2.05) is 73.7 Å². The van der Waals surface area contributed by atoms with Crippen LogP contribution in [0.25, 0.3) is 22.3 Å². The number of halogens is 2. The quantitative estimate of drug-likeness (QED) is 0.299. The minimum absolute atomic E-state index is 0.0372. The summed E-state index contributed by atoms with van der Waals surface area (Å²) >= 11 is 12.1. The molecule has 0 aliphatic rings. The second-order valence-corrected chi connectivity index (χ2v) is 8.23. The standard InChI is InChI=1S/C25H22Cl2N2O2/c1-17-16-20(12-13-22(17)27)31-15-5-4-14-29-24(18-8-10-19(26)11-9-18)28-23-7-3-2-6-21(23)25(29)30/h2-3,6-13,16H,4-5,14-15H2,1H3. The molecule has 0 bridgehead atoms. The van der Waals surface area contributed by atoms with Crippen LogP contribution in [0.1, 0.15) is 18.4 Å². The van der Waals surface area contributed by atoms with Crippen molar-refractivity contribution >= 4 is 34.1 Å². The molecule has 4 aromatic rings. The van der Waals surface area contributed by atoms with Crippen LogP contribution in [0.3, 0.4) is 0 Å². The van der Waals surface area contributed by atoms with Gasteiger partial charge in [-0.3, -0.25) is 9.36 Å². The smallest absolute Gasteiger partial charge is 0.261 e. The zero-order chi connectivity index (χ0) is 21.8. The Kier molecular flexibility index (Phi) is 6.59. The number of hydrogen-bond donors (Lipinski definition) is 0. The third-order valence-electron chi connectivity index (χ3n) is 5.14. The third-order valence-corrected chi connectivity index (χ3v) is 5.81. The first kappa shape index (κ1) is 21.4. The summed E-state index contributed by atoms with van der Waals surface area (Å²) in [4.78, 5) is 18.0. The summed E-state index contributed by atoms with van der Waals surface area (Å²) in [5.41, 5.74) is 2.50. The molecule has 0 saturated heterocycles. The number of para-hydroxylation sites is 1. The van der Waals surface area contributed by atoms with Crippen LogP contribution >= 0.6 is 23.2 Å². The van der Waals surface area contributed by atoms with Crippen LogP contribution in [-0.2, 0) is 6.54 Å². The van der Waals surface area contributed by atoms with Gasteiger partial charge in [0.2, 0.25) is 0 Å². The van der Waals surface area contributed by atoms with Crippen molar-refractivity contribution in [2.24, 2.45) is 0 Å². The first-order valence-corrected chi connectivity index (χ1v) is 10.9. The second kappa shape index (κ2) is 9.54. The molecule has 0 spiro atoms. The van der Waals surface area contributed by atoms with Gasteiger partial charge < -0.3 is 4.74 Å². The fraction of sp³-hybridized carbons (Fsp3) is 0.200. The predicted molar refractivity (Wildman–Crippen MR) is 127 cm³/mol. The second-order valence-electron chi connectivity index (χ2n) is 7.38. The summed E-state index contributed by atoms with van der Waals surface area (Å²) in [5, 5.41) is 1.99. The van der Waals surface area contributed by atoms with E-state index >= 15 is 0 Å². The maximum Gasteiger partial charge on any atom is 0.261 e. The van der Waals surface area contributed by atoms with Crippen LogP contribution in [-0.4, -0.2) is 16.2 Å². The van der Waals surface area contributed by atoms with Crippen LogP contribution in [0.15, 0.2) is 71.5 Å². The van der Waals surface area contributed by atoms with E-state index < -0.39 is 0 Å². The van der Waals surface area contributed by atoms with E-state index in [0.29, 0.717) is 34.9 Å². The first-order chi connectivity index (χ1) is 15.0. The number of ether oxygens (including phenoxy) is 1. The van der Waals surface area contributed by atoms with E-state index in [1.165, 1.54) is 0 Å². The SMILES string of the molecule is Cc1cc(OCCCCn2c(-c3ccc(Cl)cc3)nc3ccccc3c2=O)ccc1Cl. The highest BCUT2D eigenvalue weighted by atomic mass is 35.5. The van der Waals surface area contributed by atoms with Crippen molar-refractivity contribution in [3.63, 3.8) is 0 Å². The van der Waals surface area contributed by atoms with E-state index in [9.17, 15) is 4.79 Å². The first-order valence-electron chi connectivity index (χ1n) is 10.2. The molecule has 0 aliphatic carbocycles. The Hall–Kier alpha value is -2.82. The van der Waals surface area contributed by atoms with Gasteiger partial charge in [0, 0.05) is 22.2 Å². The number of rotatable bonds is 7. The molecule has 0 N–H and O–H groups in total. The molecule has 1 aromatic heterocycles. The number of aryl methyl sites for hydroxylation is 1. The van der Waals surface area contributed by atoms with E-state index in [4.69, 9.17) is 32.9 Å². The molecular weight excluding hydrogens is 431 g/mol. The molecule has 6 heteroatoms. The highest BCUT2D eigenvalue weighted by Gasteiger charge is 2.12. The zero-order valence-corrected chi connectivity index (χ0v) is 18.7. The summed E-state index contributed by atoms with van der Waals surface area (Å²) in [7, 11) is 0. The average Bonchev–Trinajstić information content (AvgIpc) is 2.78. The molecule has 1 heterocycles. The van der Waals surface area contributed by atoms with Gasteiger partial charge in [-0.2, -0.15) is 0 Å². The normalized spacial score (nSPS) is 11.1. The average molecular weight is 453 g/mol. The molecule has 0 saturated carbocycles. The minimum atomic E-state index is -0.0372. The van der Waals surface area contributed by atoms with Crippen LogP contribution in [0.5, 0.6) is 5.75 Å². The number of aromatic nitrogens is 2. The van der Waals surface area contributed by atoms with Gasteiger partial charge in [-0.1, -0.05) is 35.3 Å². The van der Waals surface area contributed by atoms with E-state index in [-0.39, 0.29) is 5.56 Å². The fourth-order valence-corrected chi connectivity index (χ4v) is 3.71. The molecule has 0 radical (unpaired) electrons. The zero-order valence-electron chi connectivity index (χ0n) is 17.1. The molecule has 3 aromatic carbocycles. The van der Waals surface area contributed by atoms with Gasteiger partial charge in [0.15, 0.2) is 0 Å². The molecule has 0 fully saturated rings. The molecular formula is C25H22Cl2N2O2. The molecule has 4 rings (SSSR count). The fourth-order valence-electron chi connectivity index (χ4n) is 3.46. The molecule has 0 atom stereocenters. The molecule has 0 unspecified atom stereocenters. The van der Waals surface area contributed by atoms with Crippen molar-refractivity contribution in [2.75, 3.05) is 6.61 Å². The lowest BCUT2D eigenvalue weighted by Crippen LogP contribution is -2.24. The topological polar surface area (TPSA) is 44.1 Å². The van der Waals surface area contributed by atoms with Gasteiger partial charge in [-0.15, -0.1) is 0 Å². The summed E-state index contributed by atoms with van der Waals surface area (Å²) in [5.74, 6) is 1.45. The van der Waals surface area contributed by atoms with Crippen molar-refractivity contribution in [3.05, 3.63) is 92.7 Å². The molecule has 31 heavy (non-hydrogen) atoms. The largest absolute Gasteiger partial charge is 0.494 e. The van der Waals surface area contributed by atoms with Gasteiger partial charge in [0.1, 0.15) is 11.6 Å². The Morgan fingerprint density at radius 2 is 1.74 bits per heavy atom. The Morgan fingerprint density at radius 1 is 0.968 bits per heavy atom. The summed E-state index contributed by atoms with van der Waals surface area (Å²) in [6, 6.07) is 20.5. The van der Waals surface area contributed by atoms with Gasteiger partial charge in [0.05, 0.1) is 17.5 Å². The Morgan fingerprint density at radius 3 is 2.52 bits per heavy atom. The lowest BCUT2D eigenvalue weighted by atomic mass is 10.1. The summed E-state index contributed by atoms with van der Waals surface area (Å²) < 4.78 is 7.58. The predicted octanol–water partition coefficient (Wildman–Crippen LogP) is 6.54. The van der Waals surface area contributed by atoms with Gasteiger partial charge in [-0.05, 0) is 79.9 Å². The van der Waals surface area contributed by atoms with Gasteiger partial charge >= 0.3 is 0 Å². The highest BCUT2D eigenvalue weighted by Crippen LogP contribution is 2.23. The van der Waals surface area contributed by atoms with Gasteiger partial charge in [-0.25, -0.2) is 4.98 Å². The molecule has 158 valence electrons. The van der Waals surface area contributed by atoms with E-state index in [2.05, 4.69) is 0 Å². The Bertz CT molecular complexity index is 1270. The molecule has 0 amide bonds.